The van der Waals surface area contributed by atoms with Gasteiger partial charge in [0.2, 0.25) is 5.91 Å². The highest BCUT2D eigenvalue weighted by atomic mass is 35.5. The van der Waals surface area contributed by atoms with Gasteiger partial charge in [-0.2, -0.15) is 0 Å². The second kappa shape index (κ2) is 6.30. The summed E-state index contributed by atoms with van der Waals surface area (Å²) in [6.07, 6.45) is 2.55. The molecule has 0 saturated carbocycles. The number of hydrogen-bond acceptors (Lipinski definition) is 2. The third-order valence-corrected chi connectivity index (χ3v) is 2.87. The minimum absolute atomic E-state index is 0.182. The fraction of sp³-hybridized carbons (Fsp3) is 0.0667. The quantitative estimate of drug-likeness (QED) is 0.873. The first-order chi connectivity index (χ1) is 9.56. The van der Waals surface area contributed by atoms with E-state index in [4.69, 9.17) is 11.6 Å². The Morgan fingerprint density at radius 1 is 1.30 bits per heavy atom. The van der Waals surface area contributed by atoms with Crippen LogP contribution in [0.15, 0.2) is 42.5 Å². The molecule has 0 atom stereocenters. The number of benzene rings is 1. The molecule has 0 aliphatic carbocycles. The summed E-state index contributed by atoms with van der Waals surface area (Å²) in [5, 5.41) is 2.84. The third kappa shape index (κ3) is 3.65. The van der Waals surface area contributed by atoms with Crippen molar-refractivity contribution in [2.24, 2.45) is 0 Å². The Bertz CT molecular complexity index is 650. The topological polar surface area (TPSA) is 42.0 Å². The molecule has 3 nitrogen and oxygen atoms in total. The predicted molar refractivity (Wildman–Crippen MR) is 78.0 cm³/mol. The van der Waals surface area contributed by atoms with Gasteiger partial charge in [0, 0.05) is 17.3 Å². The van der Waals surface area contributed by atoms with E-state index in [-0.39, 0.29) is 10.6 Å². The molecule has 0 fully saturated rings. The monoisotopic (exact) mass is 290 g/mol. The summed E-state index contributed by atoms with van der Waals surface area (Å²) in [6.45, 7) is 1.82. The van der Waals surface area contributed by atoms with E-state index in [1.165, 1.54) is 24.3 Å². The molecule has 0 unspecified atom stereocenters. The van der Waals surface area contributed by atoms with Crippen LogP contribution in [-0.4, -0.2) is 10.9 Å². The molecule has 0 aliphatic heterocycles. The van der Waals surface area contributed by atoms with Crippen molar-refractivity contribution in [2.45, 2.75) is 6.92 Å². The average molecular weight is 291 g/mol. The maximum atomic E-state index is 13.5. The molecule has 1 aromatic carbocycles. The summed E-state index contributed by atoms with van der Waals surface area (Å²) in [7, 11) is 0. The van der Waals surface area contributed by atoms with Crippen molar-refractivity contribution in [3.05, 3.63) is 64.6 Å². The van der Waals surface area contributed by atoms with Gasteiger partial charge in [-0.1, -0.05) is 23.7 Å². The average Bonchev–Trinajstić information content (AvgIpc) is 2.38. The molecule has 20 heavy (non-hydrogen) atoms. The fourth-order valence-corrected chi connectivity index (χ4v) is 1.84. The summed E-state index contributed by atoms with van der Waals surface area (Å²) >= 11 is 5.86. The van der Waals surface area contributed by atoms with E-state index < -0.39 is 11.7 Å². The van der Waals surface area contributed by atoms with Crippen LogP contribution in [0.2, 0.25) is 5.02 Å². The number of hydrogen-bond donors (Lipinski definition) is 1. The Morgan fingerprint density at radius 3 is 2.75 bits per heavy atom. The van der Waals surface area contributed by atoms with E-state index >= 15 is 0 Å². The minimum Gasteiger partial charge on any atom is -0.307 e. The third-order valence-electron chi connectivity index (χ3n) is 2.54. The summed E-state index contributed by atoms with van der Waals surface area (Å²) in [5.41, 5.74) is 0.977. The summed E-state index contributed by atoms with van der Waals surface area (Å²) < 4.78 is 13.5. The molecule has 102 valence electrons. The molecule has 0 radical (unpaired) electrons. The lowest BCUT2D eigenvalue weighted by Gasteiger charge is -2.02. The van der Waals surface area contributed by atoms with Crippen LogP contribution in [0.1, 0.15) is 11.3 Å². The van der Waals surface area contributed by atoms with E-state index in [9.17, 15) is 9.18 Å². The zero-order valence-corrected chi connectivity index (χ0v) is 11.5. The normalized spacial score (nSPS) is 10.8. The molecule has 1 amide bonds. The molecule has 1 N–H and O–H groups in total. The van der Waals surface area contributed by atoms with Gasteiger partial charge >= 0.3 is 0 Å². The van der Waals surface area contributed by atoms with Crippen molar-refractivity contribution in [3.63, 3.8) is 0 Å². The number of amides is 1. The number of halogens is 2. The highest BCUT2D eigenvalue weighted by molar-refractivity contribution is 6.32. The SMILES string of the molecule is Cc1cccc(NC(=O)/C=C/c2c(F)cccc2Cl)n1. The predicted octanol–water partition coefficient (Wildman–Crippen LogP) is 3.83. The van der Waals surface area contributed by atoms with Crippen LogP contribution in [0.4, 0.5) is 10.2 Å². The molecular formula is C15H12ClFN2O. The van der Waals surface area contributed by atoms with Gasteiger partial charge in [0.05, 0.1) is 5.02 Å². The maximum Gasteiger partial charge on any atom is 0.249 e. The zero-order chi connectivity index (χ0) is 14.5. The van der Waals surface area contributed by atoms with Crippen LogP contribution < -0.4 is 5.32 Å². The number of carbonyl (C=O) groups is 1. The Balaban J connectivity index is 2.10. The summed E-state index contributed by atoms with van der Waals surface area (Å²) in [6, 6.07) is 9.64. The van der Waals surface area contributed by atoms with Crippen LogP contribution in [0.5, 0.6) is 0 Å². The van der Waals surface area contributed by atoms with Gasteiger partial charge < -0.3 is 5.32 Å². The van der Waals surface area contributed by atoms with E-state index in [0.717, 1.165) is 5.69 Å². The van der Waals surface area contributed by atoms with Gasteiger partial charge in [-0.3, -0.25) is 4.79 Å². The molecule has 0 bridgehead atoms. The van der Waals surface area contributed by atoms with Crippen molar-refractivity contribution in [2.75, 3.05) is 5.32 Å². The number of rotatable bonds is 3. The minimum atomic E-state index is -0.477. The van der Waals surface area contributed by atoms with Crippen molar-refractivity contribution in [1.82, 2.24) is 4.98 Å². The van der Waals surface area contributed by atoms with Crippen LogP contribution in [0.3, 0.4) is 0 Å². The zero-order valence-electron chi connectivity index (χ0n) is 10.7. The number of aryl methyl sites for hydroxylation is 1. The van der Waals surface area contributed by atoms with Gasteiger partial charge in [-0.25, -0.2) is 9.37 Å². The van der Waals surface area contributed by atoms with Gasteiger partial charge in [-0.05, 0) is 37.3 Å². The Kier molecular flexibility index (Phi) is 4.48. The Morgan fingerprint density at radius 2 is 2.05 bits per heavy atom. The largest absolute Gasteiger partial charge is 0.307 e. The first-order valence-electron chi connectivity index (χ1n) is 5.93. The highest BCUT2D eigenvalue weighted by Gasteiger charge is 2.04. The fourth-order valence-electron chi connectivity index (χ4n) is 1.61. The number of aromatic nitrogens is 1. The molecular weight excluding hydrogens is 279 g/mol. The van der Waals surface area contributed by atoms with Crippen LogP contribution in [0, 0.1) is 12.7 Å². The number of carbonyl (C=O) groups excluding carboxylic acids is 1. The van der Waals surface area contributed by atoms with Gasteiger partial charge in [-0.15, -0.1) is 0 Å². The van der Waals surface area contributed by atoms with Gasteiger partial charge in [0.25, 0.3) is 0 Å². The Hall–Kier alpha value is -2.20. The number of nitrogens with zero attached hydrogens (tertiary/aromatic N) is 1. The molecule has 1 aromatic heterocycles. The van der Waals surface area contributed by atoms with Gasteiger partial charge in [0.15, 0.2) is 0 Å². The molecule has 2 rings (SSSR count). The van der Waals surface area contributed by atoms with E-state index in [0.29, 0.717) is 5.82 Å². The van der Waals surface area contributed by atoms with Crippen LogP contribution in [0.25, 0.3) is 6.08 Å². The lowest BCUT2D eigenvalue weighted by molar-refractivity contribution is -0.111. The molecule has 0 spiro atoms. The summed E-state index contributed by atoms with van der Waals surface area (Å²) in [4.78, 5) is 15.9. The van der Waals surface area contributed by atoms with Crippen molar-refractivity contribution >= 4 is 29.4 Å². The molecule has 5 heteroatoms. The number of pyridine rings is 1. The van der Waals surface area contributed by atoms with Crippen molar-refractivity contribution in [3.8, 4) is 0 Å². The highest BCUT2D eigenvalue weighted by Crippen LogP contribution is 2.20. The van der Waals surface area contributed by atoms with Crippen LogP contribution in [-0.2, 0) is 4.79 Å². The standard InChI is InChI=1S/C15H12ClFN2O/c1-10-4-2-7-14(18-10)19-15(20)9-8-11-12(16)5-3-6-13(11)17/h2-9H,1H3,(H,18,19,20)/b9-8+. The lowest BCUT2D eigenvalue weighted by atomic mass is 10.2. The molecule has 1 heterocycles. The number of anilines is 1. The Labute approximate surface area is 121 Å². The molecule has 0 saturated heterocycles. The van der Waals surface area contributed by atoms with Crippen LogP contribution >= 0.6 is 11.6 Å². The molecule has 0 aliphatic rings. The first kappa shape index (κ1) is 14.2. The first-order valence-corrected chi connectivity index (χ1v) is 6.31. The maximum absolute atomic E-state index is 13.5. The smallest absolute Gasteiger partial charge is 0.249 e. The van der Waals surface area contributed by atoms with Gasteiger partial charge in [0.1, 0.15) is 11.6 Å². The number of nitrogens with one attached hydrogen (secondary N) is 1. The summed E-state index contributed by atoms with van der Waals surface area (Å²) in [5.74, 6) is -0.433. The van der Waals surface area contributed by atoms with Crippen molar-refractivity contribution in [1.29, 1.82) is 0 Å². The van der Waals surface area contributed by atoms with E-state index in [2.05, 4.69) is 10.3 Å². The second-order valence-electron chi connectivity index (χ2n) is 4.12. The van der Waals surface area contributed by atoms with E-state index in [1.807, 2.05) is 13.0 Å². The van der Waals surface area contributed by atoms with E-state index in [1.54, 1.807) is 18.2 Å². The van der Waals surface area contributed by atoms with Crippen molar-refractivity contribution < 1.29 is 9.18 Å². The molecule has 2 aromatic rings. The second-order valence-corrected chi connectivity index (χ2v) is 4.53. The lowest BCUT2D eigenvalue weighted by Crippen LogP contribution is -2.09.